The van der Waals surface area contributed by atoms with Crippen LogP contribution in [0, 0.1) is 12.8 Å². The van der Waals surface area contributed by atoms with Crippen molar-refractivity contribution in [2.75, 3.05) is 0 Å². The lowest BCUT2D eigenvalue weighted by Gasteiger charge is -2.25. The average molecular weight is 286 g/mol. The average Bonchev–Trinajstić information content (AvgIpc) is 3.00. The third-order valence-electron chi connectivity index (χ3n) is 4.67. The van der Waals surface area contributed by atoms with Gasteiger partial charge < -0.3 is 9.63 Å². The largest absolute Gasteiger partial charge is 0.508 e. The van der Waals surface area contributed by atoms with Crippen molar-refractivity contribution in [2.45, 2.75) is 51.9 Å². The fourth-order valence-electron chi connectivity index (χ4n) is 3.14. The third kappa shape index (κ3) is 2.94. The maximum absolute atomic E-state index is 9.58. The van der Waals surface area contributed by atoms with Gasteiger partial charge in [-0.15, -0.1) is 0 Å². The van der Waals surface area contributed by atoms with Crippen molar-refractivity contribution < 1.29 is 9.63 Å². The van der Waals surface area contributed by atoms with Gasteiger partial charge >= 0.3 is 0 Å². The number of benzene rings is 1. The minimum Gasteiger partial charge on any atom is -0.508 e. The molecule has 4 heteroatoms. The monoisotopic (exact) mass is 286 g/mol. The second-order valence-corrected chi connectivity index (χ2v) is 6.08. The van der Waals surface area contributed by atoms with E-state index in [0.717, 1.165) is 35.7 Å². The van der Waals surface area contributed by atoms with Crippen LogP contribution in [-0.4, -0.2) is 15.2 Å². The van der Waals surface area contributed by atoms with E-state index >= 15 is 0 Å². The van der Waals surface area contributed by atoms with Crippen molar-refractivity contribution in [1.82, 2.24) is 10.1 Å². The number of hydrogen-bond donors (Lipinski definition) is 1. The van der Waals surface area contributed by atoms with Crippen molar-refractivity contribution in [3.8, 4) is 17.2 Å². The molecule has 1 N–H and O–H groups in total. The summed E-state index contributed by atoms with van der Waals surface area (Å²) in [6.45, 7) is 4.13. The second kappa shape index (κ2) is 5.88. The highest BCUT2D eigenvalue weighted by Crippen LogP contribution is 2.36. The molecule has 0 amide bonds. The number of hydrogen-bond acceptors (Lipinski definition) is 4. The van der Waals surface area contributed by atoms with E-state index in [-0.39, 0.29) is 5.75 Å². The van der Waals surface area contributed by atoms with E-state index in [2.05, 4.69) is 17.1 Å². The van der Waals surface area contributed by atoms with Crippen molar-refractivity contribution in [3.63, 3.8) is 0 Å². The smallest absolute Gasteiger partial charge is 0.257 e. The molecule has 0 radical (unpaired) electrons. The molecule has 1 aromatic carbocycles. The molecule has 1 aromatic heterocycles. The number of phenolic OH excluding ortho intramolecular Hbond substituents is 1. The van der Waals surface area contributed by atoms with E-state index in [4.69, 9.17) is 4.52 Å². The van der Waals surface area contributed by atoms with E-state index in [1.807, 2.05) is 19.1 Å². The molecule has 0 aliphatic heterocycles. The molecule has 0 spiro atoms. The lowest BCUT2D eigenvalue weighted by molar-refractivity contribution is 0.305. The molecule has 1 saturated carbocycles. The van der Waals surface area contributed by atoms with Crippen molar-refractivity contribution >= 4 is 0 Å². The molecule has 1 aliphatic carbocycles. The van der Waals surface area contributed by atoms with Crippen LogP contribution in [-0.2, 0) is 0 Å². The van der Waals surface area contributed by atoms with Crippen molar-refractivity contribution in [2.24, 2.45) is 5.92 Å². The van der Waals surface area contributed by atoms with E-state index in [0.29, 0.717) is 11.8 Å². The summed E-state index contributed by atoms with van der Waals surface area (Å²) in [6.07, 6.45) is 6.13. The Bertz CT molecular complexity index is 613. The standard InChI is InChI=1S/C17H22N2O2/c1-3-12-4-6-13(7-5-12)16-18-17(21-19-16)14-8-9-15(20)11(2)10-14/h8-10,12-13,20H,3-7H2,1-2H3. The highest BCUT2D eigenvalue weighted by molar-refractivity contribution is 5.56. The fourth-order valence-corrected chi connectivity index (χ4v) is 3.14. The van der Waals surface area contributed by atoms with E-state index in [1.165, 1.54) is 19.3 Å². The molecule has 2 aromatic rings. The molecule has 0 atom stereocenters. The molecular formula is C17H22N2O2. The van der Waals surface area contributed by atoms with Crippen molar-refractivity contribution in [1.29, 1.82) is 0 Å². The minimum atomic E-state index is 0.288. The molecule has 0 bridgehead atoms. The van der Waals surface area contributed by atoms with Gasteiger partial charge in [0.15, 0.2) is 5.82 Å². The first-order valence-corrected chi connectivity index (χ1v) is 7.81. The highest BCUT2D eigenvalue weighted by atomic mass is 16.5. The van der Waals surface area contributed by atoms with Gasteiger partial charge in [0.05, 0.1) is 0 Å². The molecule has 112 valence electrons. The summed E-state index contributed by atoms with van der Waals surface area (Å²) < 4.78 is 5.41. The molecule has 0 saturated heterocycles. The zero-order chi connectivity index (χ0) is 14.8. The summed E-state index contributed by atoms with van der Waals surface area (Å²) in [4.78, 5) is 4.57. The maximum atomic E-state index is 9.58. The zero-order valence-corrected chi connectivity index (χ0v) is 12.7. The minimum absolute atomic E-state index is 0.288. The number of aryl methyl sites for hydroxylation is 1. The Kier molecular flexibility index (Phi) is 3.95. The van der Waals surface area contributed by atoms with Crippen LogP contribution in [0.2, 0.25) is 0 Å². The molecular weight excluding hydrogens is 264 g/mol. The highest BCUT2D eigenvalue weighted by Gasteiger charge is 2.25. The van der Waals surface area contributed by atoms with Crippen LogP contribution in [0.3, 0.4) is 0 Å². The molecule has 4 nitrogen and oxygen atoms in total. The summed E-state index contributed by atoms with van der Waals surface area (Å²) in [7, 11) is 0. The van der Waals surface area contributed by atoms with Crippen LogP contribution in [0.1, 0.15) is 56.3 Å². The second-order valence-electron chi connectivity index (χ2n) is 6.08. The molecule has 21 heavy (non-hydrogen) atoms. The lowest BCUT2D eigenvalue weighted by Crippen LogP contribution is -2.13. The molecule has 1 heterocycles. The number of phenols is 1. The van der Waals surface area contributed by atoms with Gasteiger partial charge in [0.1, 0.15) is 5.75 Å². The fraction of sp³-hybridized carbons (Fsp3) is 0.529. The van der Waals surface area contributed by atoms with E-state index in [9.17, 15) is 5.11 Å². The number of rotatable bonds is 3. The van der Waals surface area contributed by atoms with Gasteiger partial charge in [0.2, 0.25) is 0 Å². The number of aromatic nitrogens is 2. The van der Waals surface area contributed by atoms with Gasteiger partial charge in [-0.2, -0.15) is 4.98 Å². The Labute approximate surface area is 125 Å². The van der Waals surface area contributed by atoms with Crippen LogP contribution in [0.25, 0.3) is 11.5 Å². The molecule has 1 fully saturated rings. The normalized spacial score (nSPS) is 22.4. The Morgan fingerprint density at radius 2 is 2.00 bits per heavy atom. The Balaban J connectivity index is 1.76. The topological polar surface area (TPSA) is 59.2 Å². The first-order chi connectivity index (χ1) is 10.2. The summed E-state index contributed by atoms with van der Waals surface area (Å²) in [5.41, 5.74) is 1.68. The predicted molar refractivity (Wildman–Crippen MR) is 81.1 cm³/mol. The van der Waals surface area contributed by atoms with Gasteiger partial charge in [0, 0.05) is 11.5 Å². The Hall–Kier alpha value is -1.84. The summed E-state index contributed by atoms with van der Waals surface area (Å²) in [5.74, 6) is 2.98. The molecule has 0 unspecified atom stereocenters. The molecule has 1 aliphatic rings. The number of aromatic hydroxyl groups is 1. The SMILES string of the molecule is CCC1CCC(c2noc(-c3ccc(O)c(C)c3)n2)CC1. The van der Waals surface area contributed by atoms with Crippen LogP contribution in [0.4, 0.5) is 0 Å². The first-order valence-electron chi connectivity index (χ1n) is 7.81. The van der Waals surface area contributed by atoms with Gasteiger partial charge in [-0.25, -0.2) is 0 Å². The third-order valence-corrected chi connectivity index (χ3v) is 4.67. The van der Waals surface area contributed by atoms with Crippen molar-refractivity contribution in [3.05, 3.63) is 29.6 Å². The quantitative estimate of drug-likeness (QED) is 0.906. The lowest BCUT2D eigenvalue weighted by atomic mass is 9.80. The van der Waals surface area contributed by atoms with Gasteiger partial charge in [-0.3, -0.25) is 0 Å². The zero-order valence-electron chi connectivity index (χ0n) is 12.7. The Morgan fingerprint density at radius 1 is 1.24 bits per heavy atom. The Morgan fingerprint density at radius 3 is 2.67 bits per heavy atom. The van der Waals surface area contributed by atoms with E-state index < -0.39 is 0 Å². The van der Waals surface area contributed by atoms with Gasteiger partial charge in [-0.1, -0.05) is 18.5 Å². The number of nitrogens with zero attached hydrogens (tertiary/aromatic N) is 2. The van der Waals surface area contributed by atoms with Crippen LogP contribution >= 0.6 is 0 Å². The van der Waals surface area contributed by atoms with Crippen LogP contribution in [0.15, 0.2) is 22.7 Å². The summed E-state index contributed by atoms with van der Waals surface area (Å²) >= 11 is 0. The summed E-state index contributed by atoms with van der Waals surface area (Å²) in [5, 5.41) is 13.8. The van der Waals surface area contributed by atoms with Gasteiger partial charge in [0.25, 0.3) is 5.89 Å². The van der Waals surface area contributed by atoms with E-state index in [1.54, 1.807) is 6.07 Å². The van der Waals surface area contributed by atoms with Crippen LogP contribution in [0.5, 0.6) is 5.75 Å². The summed E-state index contributed by atoms with van der Waals surface area (Å²) in [6, 6.07) is 5.36. The maximum Gasteiger partial charge on any atom is 0.257 e. The predicted octanol–water partition coefficient (Wildman–Crippen LogP) is 4.43. The first kappa shape index (κ1) is 14.1. The van der Waals surface area contributed by atoms with Gasteiger partial charge in [-0.05, 0) is 62.3 Å². The molecule has 3 rings (SSSR count). The van der Waals surface area contributed by atoms with Crippen LogP contribution < -0.4 is 0 Å².